The van der Waals surface area contributed by atoms with E-state index in [2.05, 4.69) is 5.43 Å². The van der Waals surface area contributed by atoms with Gasteiger partial charge in [-0.2, -0.15) is 0 Å². The molecule has 1 aromatic heterocycles. The molecule has 2 rings (SSSR count). The molecule has 0 unspecified atom stereocenters. The predicted octanol–water partition coefficient (Wildman–Crippen LogP) is 1.41. The van der Waals surface area contributed by atoms with Gasteiger partial charge in [0.15, 0.2) is 5.76 Å². The largest absolute Gasteiger partial charge is 0.459 e. The van der Waals surface area contributed by atoms with Crippen molar-refractivity contribution in [2.24, 2.45) is 0 Å². The van der Waals surface area contributed by atoms with Gasteiger partial charge in [0.25, 0.3) is 0 Å². The number of nitrogens with one attached hydrogen (secondary N) is 1. The lowest BCUT2D eigenvalue weighted by Gasteiger charge is -2.26. The van der Waals surface area contributed by atoms with E-state index in [9.17, 15) is 4.79 Å². The van der Waals surface area contributed by atoms with Crippen LogP contribution in [-0.2, 0) is 0 Å². The van der Waals surface area contributed by atoms with Crippen LogP contribution in [0.3, 0.4) is 0 Å². The Hall–Kier alpha value is -1.29. The van der Waals surface area contributed by atoms with Crippen molar-refractivity contribution in [3.05, 3.63) is 24.2 Å². The first-order valence-corrected chi connectivity index (χ1v) is 4.96. The topological polar surface area (TPSA) is 45.5 Å². The number of amides is 1. The molecular formula is C10H14N2O2. The van der Waals surface area contributed by atoms with Gasteiger partial charge in [-0.25, -0.2) is 5.01 Å². The van der Waals surface area contributed by atoms with Gasteiger partial charge in [0.2, 0.25) is 0 Å². The Morgan fingerprint density at radius 3 is 2.79 bits per heavy atom. The zero-order valence-electron chi connectivity index (χ0n) is 8.03. The first-order chi connectivity index (χ1) is 6.86. The monoisotopic (exact) mass is 194 g/mol. The van der Waals surface area contributed by atoms with E-state index in [4.69, 9.17) is 4.42 Å². The van der Waals surface area contributed by atoms with Gasteiger partial charge in [-0.1, -0.05) is 6.42 Å². The molecule has 76 valence electrons. The summed E-state index contributed by atoms with van der Waals surface area (Å²) in [6.07, 6.45) is 5.06. The summed E-state index contributed by atoms with van der Waals surface area (Å²) in [6, 6.07) is 3.38. The highest BCUT2D eigenvalue weighted by atomic mass is 16.3. The second kappa shape index (κ2) is 4.28. The second-order valence-electron chi connectivity index (χ2n) is 3.47. The average Bonchev–Trinajstić information content (AvgIpc) is 2.72. The van der Waals surface area contributed by atoms with Crippen molar-refractivity contribution < 1.29 is 9.21 Å². The van der Waals surface area contributed by atoms with E-state index >= 15 is 0 Å². The molecule has 0 aliphatic carbocycles. The number of furan rings is 1. The molecule has 4 heteroatoms. The molecule has 1 aromatic rings. The molecular weight excluding hydrogens is 180 g/mol. The normalized spacial score (nSPS) is 18.0. The lowest BCUT2D eigenvalue weighted by atomic mass is 10.2. The van der Waals surface area contributed by atoms with Crippen molar-refractivity contribution in [1.82, 2.24) is 10.4 Å². The van der Waals surface area contributed by atoms with Crippen molar-refractivity contribution in [2.75, 3.05) is 13.1 Å². The van der Waals surface area contributed by atoms with Crippen LogP contribution in [0.5, 0.6) is 0 Å². The zero-order valence-corrected chi connectivity index (χ0v) is 8.03. The number of rotatable bonds is 2. The fraction of sp³-hybridized carbons (Fsp3) is 0.500. The summed E-state index contributed by atoms with van der Waals surface area (Å²) in [5.74, 6) is 0.215. The minimum absolute atomic E-state index is 0.156. The standard InChI is InChI=1S/C10H14N2O2/c13-10(9-5-4-8-14-9)11-12-6-2-1-3-7-12/h4-5,8H,1-3,6-7H2,(H,11,13). The summed E-state index contributed by atoms with van der Waals surface area (Å²) in [5.41, 5.74) is 2.82. The maximum absolute atomic E-state index is 11.5. The van der Waals surface area contributed by atoms with Crippen molar-refractivity contribution in [3.63, 3.8) is 0 Å². The highest BCUT2D eigenvalue weighted by Gasteiger charge is 2.15. The first-order valence-electron chi connectivity index (χ1n) is 4.96. The summed E-state index contributed by atoms with van der Waals surface area (Å²) < 4.78 is 5.00. The van der Waals surface area contributed by atoms with E-state index in [0.717, 1.165) is 25.9 Å². The average molecular weight is 194 g/mol. The fourth-order valence-corrected chi connectivity index (χ4v) is 1.61. The van der Waals surface area contributed by atoms with Gasteiger partial charge in [-0.3, -0.25) is 10.2 Å². The highest BCUT2D eigenvalue weighted by molar-refractivity contribution is 5.90. The van der Waals surface area contributed by atoms with Crippen molar-refractivity contribution in [1.29, 1.82) is 0 Å². The fourth-order valence-electron chi connectivity index (χ4n) is 1.61. The van der Waals surface area contributed by atoms with Gasteiger partial charge in [0.1, 0.15) is 0 Å². The molecule has 1 amide bonds. The van der Waals surface area contributed by atoms with Crippen LogP contribution in [0.1, 0.15) is 29.8 Å². The maximum atomic E-state index is 11.5. The van der Waals surface area contributed by atoms with Gasteiger partial charge < -0.3 is 4.42 Å². The van der Waals surface area contributed by atoms with Gasteiger partial charge in [-0.15, -0.1) is 0 Å². The number of piperidine rings is 1. The number of hydrazine groups is 1. The van der Waals surface area contributed by atoms with Gasteiger partial charge in [-0.05, 0) is 25.0 Å². The first kappa shape index (κ1) is 9.27. The van der Waals surface area contributed by atoms with Crippen LogP contribution in [0, 0.1) is 0 Å². The number of hydrogen-bond donors (Lipinski definition) is 1. The van der Waals surface area contributed by atoms with Gasteiger partial charge >= 0.3 is 5.91 Å². The Morgan fingerprint density at radius 2 is 2.14 bits per heavy atom. The van der Waals surface area contributed by atoms with E-state index in [1.165, 1.54) is 12.7 Å². The van der Waals surface area contributed by atoms with Crippen LogP contribution in [0.2, 0.25) is 0 Å². The Kier molecular flexibility index (Phi) is 2.84. The Morgan fingerprint density at radius 1 is 1.36 bits per heavy atom. The Bertz CT molecular complexity index is 289. The number of hydrogen-bond acceptors (Lipinski definition) is 3. The molecule has 0 bridgehead atoms. The van der Waals surface area contributed by atoms with E-state index < -0.39 is 0 Å². The summed E-state index contributed by atoms with van der Waals surface area (Å²) in [4.78, 5) is 11.5. The third-order valence-electron chi connectivity index (χ3n) is 2.36. The molecule has 1 fully saturated rings. The molecule has 1 saturated heterocycles. The minimum Gasteiger partial charge on any atom is -0.459 e. The van der Waals surface area contributed by atoms with Crippen LogP contribution < -0.4 is 5.43 Å². The van der Waals surface area contributed by atoms with Crippen molar-refractivity contribution in [2.45, 2.75) is 19.3 Å². The molecule has 0 radical (unpaired) electrons. The molecule has 2 heterocycles. The predicted molar refractivity (Wildman–Crippen MR) is 51.6 cm³/mol. The van der Waals surface area contributed by atoms with Crippen LogP contribution in [0.15, 0.2) is 22.8 Å². The molecule has 0 atom stereocenters. The summed E-state index contributed by atoms with van der Waals surface area (Å²) in [5, 5.41) is 1.95. The molecule has 0 spiro atoms. The third-order valence-corrected chi connectivity index (χ3v) is 2.36. The van der Waals surface area contributed by atoms with Crippen LogP contribution in [-0.4, -0.2) is 24.0 Å². The van der Waals surface area contributed by atoms with Crippen molar-refractivity contribution >= 4 is 5.91 Å². The number of carbonyl (C=O) groups excluding carboxylic acids is 1. The van der Waals surface area contributed by atoms with E-state index in [-0.39, 0.29) is 5.91 Å². The quantitative estimate of drug-likeness (QED) is 0.774. The third kappa shape index (κ3) is 2.14. The van der Waals surface area contributed by atoms with E-state index in [1.807, 2.05) is 5.01 Å². The molecule has 1 aliphatic heterocycles. The zero-order chi connectivity index (χ0) is 9.80. The molecule has 1 N–H and O–H groups in total. The molecule has 0 saturated carbocycles. The number of nitrogens with zero attached hydrogens (tertiary/aromatic N) is 1. The summed E-state index contributed by atoms with van der Waals surface area (Å²) in [6.45, 7) is 1.87. The molecule has 4 nitrogen and oxygen atoms in total. The van der Waals surface area contributed by atoms with Gasteiger partial charge in [0.05, 0.1) is 6.26 Å². The lowest BCUT2D eigenvalue weighted by molar-refractivity contribution is 0.0721. The van der Waals surface area contributed by atoms with E-state index in [0.29, 0.717) is 5.76 Å². The second-order valence-corrected chi connectivity index (χ2v) is 3.47. The number of carbonyl (C=O) groups is 1. The molecule has 1 aliphatic rings. The minimum atomic E-state index is -0.156. The van der Waals surface area contributed by atoms with E-state index in [1.54, 1.807) is 12.1 Å². The Balaban J connectivity index is 1.87. The van der Waals surface area contributed by atoms with Crippen LogP contribution >= 0.6 is 0 Å². The Labute approximate surface area is 82.9 Å². The lowest BCUT2D eigenvalue weighted by Crippen LogP contribution is -2.44. The summed E-state index contributed by atoms with van der Waals surface area (Å²) >= 11 is 0. The SMILES string of the molecule is O=C(NN1CCCCC1)c1ccco1. The highest BCUT2D eigenvalue weighted by Crippen LogP contribution is 2.07. The maximum Gasteiger partial charge on any atom is 0.301 e. The van der Waals surface area contributed by atoms with Crippen LogP contribution in [0.25, 0.3) is 0 Å². The van der Waals surface area contributed by atoms with Gasteiger partial charge in [0, 0.05) is 13.1 Å². The van der Waals surface area contributed by atoms with Crippen LogP contribution in [0.4, 0.5) is 0 Å². The summed E-state index contributed by atoms with van der Waals surface area (Å²) in [7, 11) is 0. The van der Waals surface area contributed by atoms with Crippen molar-refractivity contribution in [3.8, 4) is 0 Å². The molecule has 14 heavy (non-hydrogen) atoms. The smallest absolute Gasteiger partial charge is 0.301 e. The molecule has 0 aromatic carbocycles.